The first-order valence-corrected chi connectivity index (χ1v) is 6.96. The summed E-state index contributed by atoms with van der Waals surface area (Å²) in [6, 6.07) is 12.1. The molecule has 3 aromatic rings. The van der Waals surface area contributed by atoms with E-state index < -0.39 is 0 Å². The van der Waals surface area contributed by atoms with E-state index in [1.807, 2.05) is 49.8 Å². The Hall–Kier alpha value is -2.49. The summed E-state index contributed by atoms with van der Waals surface area (Å²) in [5.41, 5.74) is 10.8. The van der Waals surface area contributed by atoms with Gasteiger partial charge in [0.2, 0.25) is 0 Å². The van der Waals surface area contributed by atoms with E-state index in [2.05, 4.69) is 17.2 Å². The second-order valence-electron chi connectivity index (χ2n) is 5.35. The monoisotopic (exact) mass is 281 g/mol. The van der Waals surface area contributed by atoms with Gasteiger partial charge in [0.1, 0.15) is 18.1 Å². The molecular weight excluding hydrogens is 262 g/mol. The third kappa shape index (κ3) is 2.44. The molecule has 0 amide bonds. The summed E-state index contributed by atoms with van der Waals surface area (Å²) >= 11 is 0. The lowest BCUT2D eigenvalue weighted by Crippen LogP contribution is -2.01. The molecule has 108 valence electrons. The number of nitrogen functional groups attached to an aromatic ring is 1. The average molecular weight is 281 g/mol. The summed E-state index contributed by atoms with van der Waals surface area (Å²) in [6.07, 6.45) is 0. The maximum absolute atomic E-state index is 5.95. The molecule has 0 saturated carbocycles. The third-order valence-corrected chi connectivity index (χ3v) is 3.76. The van der Waals surface area contributed by atoms with Gasteiger partial charge in [0.25, 0.3) is 0 Å². The first-order valence-electron chi connectivity index (χ1n) is 6.96. The zero-order chi connectivity index (χ0) is 15.0. The average Bonchev–Trinajstić information content (AvgIpc) is 2.79. The molecule has 4 nitrogen and oxygen atoms in total. The van der Waals surface area contributed by atoms with Gasteiger partial charge >= 0.3 is 0 Å². The molecule has 2 N–H and O–H groups in total. The number of para-hydroxylation sites is 1. The first-order chi connectivity index (χ1) is 10.1. The molecule has 0 aliphatic rings. The number of nitrogens with two attached hydrogens (primary N) is 1. The molecule has 0 fully saturated rings. The smallest absolute Gasteiger partial charge is 0.133 e. The van der Waals surface area contributed by atoms with Gasteiger partial charge in [-0.1, -0.05) is 18.2 Å². The van der Waals surface area contributed by atoms with Crippen LogP contribution >= 0.6 is 0 Å². The van der Waals surface area contributed by atoms with Crippen LogP contribution in [0.15, 0.2) is 36.4 Å². The third-order valence-electron chi connectivity index (χ3n) is 3.76. The Morgan fingerprint density at radius 3 is 2.71 bits per heavy atom. The lowest BCUT2D eigenvalue weighted by atomic mass is 10.1. The van der Waals surface area contributed by atoms with E-state index >= 15 is 0 Å². The van der Waals surface area contributed by atoms with Gasteiger partial charge in [0, 0.05) is 18.1 Å². The van der Waals surface area contributed by atoms with E-state index in [9.17, 15) is 0 Å². The highest BCUT2D eigenvalue weighted by Gasteiger charge is 2.10. The van der Waals surface area contributed by atoms with Gasteiger partial charge in [0.05, 0.1) is 5.52 Å². The summed E-state index contributed by atoms with van der Waals surface area (Å²) in [6.45, 7) is 4.44. The highest BCUT2D eigenvalue weighted by molar-refractivity contribution is 5.81. The largest absolute Gasteiger partial charge is 0.487 e. The minimum Gasteiger partial charge on any atom is -0.487 e. The van der Waals surface area contributed by atoms with Crippen LogP contribution in [0.1, 0.15) is 16.8 Å². The molecule has 0 saturated heterocycles. The predicted molar refractivity (Wildman–Crippen MR) is 85.4 cm³/mol. The molecule has 0 bridgehead atoms. The van der Waals surface area contributed by atoms with Crippen LogP contribution in [0, 0.1) is 13.8 Å². The van der Waals surface area contributed by atoms with E-state index in [-0.39, 0.29) is 0 Å². The number of ether oxygens (including phenoxy) is 1. The van der Waals surface area contributed by atoms with Gasteiger partial charge in [0.15, 0.2) is 0 Å². The van der Waals surface area contributed by atoms with Crippen molar-refractivity contribution in [2.75, 3.05) is 5.73 Å². The Kier molecular flexibility index (Phi) is 3.29. The Balaban J connectivity index is 1.89. The van der Waals surface area contributed by atoms with Crippen LogP contribution in [0.25, 0.3) is 10.9 Å². The van der Waals surface area contributed by atoms with Crippen LogP contribution in [-0.2, 0) is 13.7 Å². The summed E-state index contributed by atoms with van der Waals surface area (Å²) in [7, 11) is 1.95. The molecule has 2 aromatic carbocycles. The number of benzene rings is 2. The summed E-state index contributed by atoms with van der Waals surface area (Å²) in [5, 5.41) is 5.67. The zero-order valence-corrected chi connectivity index (χ0v) is 12.6. The van der Waals surface area contributed by atoms with Crippen molar-refractivity contribution in [3.8, 4) is 5.75 Å². The van der Waals surface area contributed by atoms with E-state index in [4.69, 9.17) is 10.5 Å². The van der Waals surface area contributed by atoms with E-state index in [1.165, 1.54) is 0 Å². The number of anilines is 1. The fraction of sp³-hybridized carbons (Fsp3) is 0.235. The summed E-state index contributed by atoms with van der Waals surface area (Å²) in [4.78, 5) is 0. The van der Waals surface area contributed by atoms with Crippen molar-refractivity contribution in [1.82, 2.24) is 9.78 Å². The van der Waals surface area contributed by atoms with Crippen LogP contribution in [0.5, 0.6) is 5.75 Å². The normalized spacial score (nSPS) is 11.0. The minimum absolute atomic E-state index is 0.450. The van der Waals surface area contributed by atoms with Gasteiger partial charge in [-0.05, 0) is 43.2 Å². The van der Waals surface area contributed by atoms with E-state index in [0.717, 1.165) is 39.2 Å². The van der Waals surface area contributed by atoms with Gasteiger partial charge in [-0.2, -0.15) is 5.10 Å². The summed E-state index contributed by atoms with van der Waals surface area (Å²) in [5.74, 6) is 0.858. The quantitative estimate of drug-likeness (QED) is 0.749. The van der Waals surface area contributed by atoms with Crippen molar-refractivity contribution in [2.24, 2.45) is 7.05 Å². The Morgan fingerprint density at radius 1 is 1.14 bits per heavy atom. The number of hydrogen-bond acceptors (Lipinski definition) is 3. The number of hydrogen-bond donors (Lipinski definition) is 1. The maximum Gasteiger partial charge on any atom is 0.133 e. The standard InChI is InChI=1S/C17H19N3O/c1-11-9-17(12(2)8-14(11)18)21-10-15-13-6-4-5-7-16(13)20(3)19-15/h4-9H,10,18H2,1-3H3. The van der Waals surface area contributed by atoms with Crippen molar-refractivity contribution < 1.29 is 4.74 Å². The maximum atomic E-state index is 5.95. The van der Waals surface area contributed by atoms with Crippen molar-refractivity contribution in [3.63, 3.8) is 0 Å². The number of rotatable bonds is 3. The molecule has 0 aliphatic heterocycles. The first kappa shape index (κ1) is 13.5. The van der Waals surface area contributed by atoms with Gasteiger partial charge in [-0.15, -0.1) is 0 Å². The molecule has 0 aliphatic carbocycles. The second kappa shape index (κ2) is 5.13. The number of aryl methyl sites for hydroxylation is 3. The van der Waals surface area contributed by atoms with Crippen LogP contribution < -0.4 is 10.5 Å². The molecule has 0 atom stereocenters. The van der Waals surface area contributed by atoms with E-state index in [1.54, 1.807) is 0 Å². The van der Waals surface area contributed by atoms with Crippen molar-refractivity contribution in [2.45, 2.75) is 20.5 Å². The molecule has 1 heterocycles. The topological polar surface area (TPSA) is 53.1 Å². The predicted octanol–water partition coefficient (Wildman–Crippen LogP) is 3.35. The van der Waals surface area contributed by atoms with E-state index in [0.29, 0.717) is 6.61 Å². The highest BCUT2D eigenvalue weighted by atomic mass is 16.5. The van der Waals surface area contributed by atoms with Gasteiger partial charge in [-0.25, -0.2) is 0 Å². The summed E-state index contributed by atoms with van der Waals surface area (Å²) < 4.78 is 7.83. The fourth-order valence-electron chi connectivity index (χ4n) is 2.51. The number of fused-ring (bicyclic) bond motifs is 1. The molecular formula is C17H19N3O. The molecule has 0 spiro atoms. The van der Waals surface area contributed by atoms with Gasteiger partial charge < -0.3 is 10.5 Å². The zero-order valence-electron chi connectivity index (χ0n) is 12.6. The molecule has 0 unspecified atom stereocenters. The number of aromatic nitrogens is 2. The Bertz CT molecular complexity index is 805. The van der Waals surface area contributed by atoms with Crippen LogP contribution in [-0.4, -0.2) is 9.78 Å². The molecule has 0 radical (unpaired) electrons. The fourth-order valence-corrected chi connectivity index (χ4v) is 2.51. The van der Waals surface area contributed by atoms with Gasteiger partial charge in [-0.3, -0.25) is 4.68 Å². The molecule has 1 aromatic heterocycles. The highest BCUT2D eigenvalue weighted by Crippen LogP contribution is 2.26. The Labute approximate surface area is 124 Å². The lowest BCUT2D eigenvalue weighted by molar-refractivity contribution is 0.299. The van der Waals surface area contributed by atoms with Crippen LogP contribution in [0.2, 0.25) is 0 Å². The van der Waals surface area contributed by atoms with Crippen molar-refractivity contribution >= 4 is 16.6 Å². The molecule has 4 heteroatoms. The molecule has 21 heavy (non-hydrogen) atoms. The lowest BCUT2D eigenvalue weighted by Gasteiger charge is -2.10. The second-order valence-corrected chi connectivity index (χ2v) is 5.35. The SMILES string of the molecule is Cc1cc(OCc2nn(C)c3ccccc23)c(C)cc1N. The Morgan fingerprint density at radius 2 is 1.90 bits per heavy atom. The van der Waals surface area contributed by atoms with Crippen molar-refractivity contribution in [1.29, 1.82) is 0 Å². The van der Waals surface area contributed by atoms with Crippen LogP contribution in [0.3, 0.4) is 0 Å². The number of nitrogens with zero attached hydrogens (tertiary/aromatic N) is 2. The molecule has 3 rings (SSSR count). The minimum atomic E-state index is 0.450. The van der Waals surface area contributed by atoms with Crippen molar-refractivity contribution in [3.05, 3.63) is 53.2 Å². The van der Waals surface area contributed by atoms with Crippen LogP contribution in [0.4, 0.5) is 5.69 Å².